The first-order valence-electron chi connectivity index (χ1n) is 5.70. The molecule has 0 atom stereocenters. The molecule has 0 unspecified atom stereocenters. The lowest BCUT2D eigenvalue weighted by Crippen LogP contribution is -2.14. The molecule has 0 heterocycles. The van der Waals surface area contributed by atoms with Crippen molar-refractivity contribution in [3.8, 4) is 0 Å². The normalized spacial score (nSPS) is 9.88. The highest BCUT2D eigenvalue weighted by Crippen LogP contribution is 2.02. The first kappa shape index (κ1) is 15.4. The summed E-state index contributed by atoms with van der Waals surface area (Å²) in [6.45, 7) is 4.40. The molecule has 92 valence electrons. The fraction of sp³-hybridized carbons (Fsp3) is 0.538. The van der Waals surface area contributed by atoms with Crippen molar-refractivity contribution in [3.63, 3.8) is 0 Å². The zero-order valence-electron chi connectivity index (χ0n) is 9.91. The first-order chi connectivity index (χ1) is 7.33. The molecule has 0 saturated heterocycles. The highest BCUT2D eigenvalue weighted by Gasteiger charge is 1.92. The van der Waals surface area contributed by atoms with Gasteiger partial charge >= 0.3 is 0 Å². The lowest BCUT2D eigenvalue weighted by molar-refractivity contribution is 0.283. The molecule has 0 spiro atoms. The molecule has 1 aromatic rings. The second-order valence-electron chi connectivity index (χ2n) is 3.95. The van der Waals surface area contributed by atoms with Gasteiger partial charge in [0.25, 0.3) is 0 Å². The van der Waals surface area contributed by atoms with Gasteiger partial charge in [-0.15, -0.1) is 12.4 Å². The lowest BCUT2D eigenvalue weighted by Gasteiger charge is -2.04. The van der Waals surface area contributed by atoms with Crippen LogP contribution in [-0.2, 0) is 6.54 Å². The van der Waals surface area contributed by atoms with E-state index in [-0.39, 0.29) is 12.4 Å². The fourth-order valence-corrected chi connectivity index (χ4v) is 1.48. The minimum atomic E-state index is 0. The highest BCUT2D eigenvalue weighted by atomic mass is 35.5. The van der Waals surface area contributed by atoms with Gasteiger partial charge in [-0.25, -0.2) is 0 Å². The Morgan fingerprint density at radius 2 is 1.75 bits per heavy atom. The van der Waals surface area contributed by atoms with E-state index in [0.29, 0.717) is 6.61 Å². The number of benzene rings is 1. The zero-order chi connectivity index (χ0) is 10.9. The summed E-state index contributed by atoms with van der Waals surface area (Å²) in [5, 5.41) is 12.0. The van der Waals surface area contributed by atoms with Crippen LogP contribution in [0.3, 0.4) is 0 Å². The van der Waals surface area contributed by atoms with Crippen LogP contribution >= 0.6 is 12.4 Å². The van der Waals surface area contributed by atoms with Crippen molar-refractivity contribution in [2.24, 2.45) is 0 Å². The van der Waals surface area contributed by atoms with Crippen LogP contribution in [0.4, 0.5) is 0 Å². The minimum absolute atomic E-state index is 0. The van der Waals surface area contributed by atoms with Crippen LogP contribution in [0.1, 0.15) is 30.4 Å². The van der Waals surface area contributed by atoms with Gasteiger partial charge in [0.1, 0.15) is 0 Å². The number of halogens is 1. The van der Waals surface area contributed by atoms with E-state index >= 15 is 0 Å². The highest BCUT2D eigenvalue weighted by molar-refractivity contribution is 5.85. The van der Waals surface area contributed by atoms with E-state index in [1.54, 1.807) is 0 Å². The summed E-state index contributed by atoms with van der Waals surface area (Å²) >= 11 is 0. The largest absolute Gasteiger partial charge is 0.396 e. The summed E-state index contributed by atoms with van der Waals surface area (Å²) in [5.41, 5.74) is 2.64. The third-order valence-electron chi connectivity index (χ3n) is 2.46. The predicted molar refractivity (Wildman–Crippen MR) is 71.1 cm³/mol. The van der Waals surface area contributed by atoms with Gasteiger partial charge in [0.05, 0.1) is 0 Å². The Morgan fingerprint density at radius 3 is 2.38 bits per heavy atom. The van der Waals surface area contributed by atoms with Crippen LogP contribution in [-0.4, -0.2) is 18.3 Å². The quantitative estimate of drug-likeness (QED) is 0.722. The van der Waals surface area contributed by atoms with Crippen molar-refractivity contribution in [3.05, 3.63) is 35.4 Å². The summed E-state index contributed by atoms with van der Waals surface area (Å²) in [6.07, 6.45) is 3.18. The predicted octanol–water partition coefficient (Wildman–Crippen LogP) is 2.67. The van der Waals surface area contributed by atoms with Crippen LogP contribution in [0, 0.1) is 6.92 Å². The summed E-state index contributed by atoms with van der Waals surface area (Å²) in [7, 11) is 0. The van der Waals surface area contributed by atoms with Gasteiger partial charge < -0.3 is 10.4 Å². The molecule has 3 heteroatoms. The fourth-order valence-electron chi connectivity index (χ4n) is 1.48. The molecule has 0 amide bonds. The molecule has 0 fully saturated rings. The van der Waals surface area contributed by atoms with Crippen LogP contribution in [0.25, 0.3) is 0 Å². The first-order valence-corrected chi connectivity index (χ1v) is 5.70. The Balaban J connectivity index is 0.00000225. The third-order valence-corrected chi connectivity index (χ3v) is 2.46. The second kappa shape index (κ2) is 9.64. The summed E-state index contributed by atoms with van der Waals surface area (Å²) in [4.78, 5) is 0. The molecule has 0 aliphatic rings. The molecule has 16 heavy (non-hydrogen) atoms. The van der Waals surface area contributed by atoms with Gasteiger partial charge in [0.15, 0.2) is 0 Å². The van der Waals surface area contributed by atoms with Gasteiger partial charge in [-0.05, 0) is 38.3 Å². The molecule has 1 rings (SSSR count). The average Bonchev–Trinajstić information content (AvgIpc) is 2.26. The maximum atomic E-state index is 8.61. The molecule has 2 N–H and O–H groups in total. The van der Waals surface area contributed by atoms with E-state index in [4.69, 9.17) is 5.11 Å². The Labute approximate surface area is 104 Å². The van der Waals surface area contributed by atoms with Crippen LogP contribution in [0.15, 0.2) is 24.3 Å². The van der Waals surface area contributed by atoms with Gasteiger partial charge in [0, 0.05) is 13.2 Å². The van der Waals surface area contributed by atoms with Crippen molar-refractivity contribution < 1.29 is 5.11 Å². The number of hydrogen-bond donors (Lipinski definition) is 2. The molecule has 0 aliphatic carbocycles. The lowest BCUT2D eigenvalue weighted by atomic mass is 10.1. The summed E-state index contributed by atoms with van der Waals surface area (Å²) in [5.74, 6) is 0. The molecule has 0 aliphatic heterocycles. The van der Waals surface area contributed by atoms with Gasteiger partial charge in [-0.1, -0.05) is 29.8 Å². The molecular weight excluding hydrogens is 222 g/mol. The Kier molecular flexibility index (Phi) is 9.30. The van der Waals surface area contributed by atoms with Gasteiger partial charge in [0.2, 0.25) is 0 Å². The van der Waals surface area contributed by atoms with Crippen molar-refractivity contribution >= 4 is 12.4 Å². The number of unbranched alkanes of at least 4 members (excludes halogenated alkanes) is 2. The number of rotatable bonds is 7. The number of nitrogens with one attached hydrogen (secondary N) is 1. The molecule has 0 bridgehead atoms. The van der Waals surface area contributed by atoms with Crippen LogP contribution in [0.5, 0.6) is 0 Å². The monoisotopic (exact) mass is 243 g/mol. The van der Waals surface area contributed by atoms with E-state index in [1.165, 1.54) is 11.1 Å². The molecule has 0 aromatic heterocycles. The molecule has 0 radical (unpaired) electrons. The van der Waals surface area contributed by atoms with Gasteiger partial charge in [-0.3, -0.25) is 0 Å². The van der Waals surface area contributed by atoms with Crippen molar-refractivity contribution in [1.29, 1.82) is 0 Å². The number of aliphatic hydroxyl groups is 1. The topological polar surface area (TPSA) is 32.3 Å². The zero-order valence-corrected chi connectivity index (χ0v) is 10.7. The van der Waals surface area contributed by atoms with Crippen LogP contribution < -0.4 is 5.32 Å². The molecule has 0 saturated carbocycles. The van der Waals surface area contributed by atoms with E-state index in [1.807, 2.05) is 0 Å². The number of aryl methyl sites for hydroxylation is 1. The SMILES string of the molecule is Cc1ccc(CNCCCCCO)cc1.Cl. The van der Waals surface area contributed by atoms with E-state index in [2.05, 4.69) is 36.5 Å². The minimum Gasteiger partial charge on any atom is -0.396 e. The van der Waals surface area contributed by atoms with E-state index in [0.717, 1.165) is 32.4 Å². The molecule has 2 nitrogen and oxygen atoms in total. The van der Waals surface area contributed by atoms with E-state index in [9.17, 15) is 0 Å². The van der Waals surface area contributed by atoms with Crippen molar-refractivity contribution in [2.75, 3.05) is 13.2 Å². The Hall–Kier alpha value is -0.570. The average molecular weight is 244 g/mol. The number of aliphatic hydroxyl groups excluding tert-OH is 1. The summed E-state index contributed by atoms with van der Waals surface area (Å²) in [6, 6.07) is 8.61. The van der Waals surface area contributed by atoms with Crippen molar-refractivity contribution in [2.45, 2.75) is 32.7 Å². The van der Waals surface area contributed by atoms with E-state index < -0.39 is 0 Å². The maximum Gasteiger partial charge on any atom is 0.0431 e. The maximum absolute atomic E-state index is 8.61. The van der Waals surface area contributed by atoms with Crippen LogP contribution in [0.2, 0.25) is 0 Å². The van der Waals surface area contributed by atoms with Gasteiger partial charge in [-0.2, -0.15) is 0 Å². The Bertz CT molecular complexity index is 261. The Morgan fingerprint density at radius 1 is 1.06 bits per heavy atom. The third kappa shape index (κ3) is 6.83. The second-order valence-corrected chi connectivity index (χ2v) is 3.95. The smallest absolute Gasteiger partial charge is 0.0431 e. The number of hydrogen-bond acceptors (Lipinski definition) is 2. The molecular formula is C13H22ClNO. The standard InChI is InChI=1S/C13H21NO.ClH/c1-12-5-7-13(8-6-12)11-14-9-3-2-4-10-15;/h5-8,14-15H,2-4,9-11H2,1H3;1H. The van der Waals surface area contributed by atoms with Crippen molar-refractivity contribution in [1.82, 2.24) is 5.32 Å². The summed E-state index contributed by atoms with van der Waals surface area (Å²) < 4.78 is 0. The molecule has 1 aromatic carbocycles.